The van der Waals surface area contributed by atoms with Crippen molar-refractivity contribution in [3.05, 3.63) is 78.5 Å². The van der Waals surface area contributed by atoms with Gasteiger partial charge in [-0.25, -0.2) is 8.78 Å². The van der Waals surface area contributed by atoms with Gasteiger partial charge < -0.3 is 30.0 Å². The zero-order valence-electron chi connectivity index (χ0n) is 25.1. The summed E-state index contributed by atoms with van der Waals surface area (Å²) in [5.74, 6) is -1.95. The van der Waals surface area contributed by atoms with Crippen molar-refractivity contribution >= 4 is 69.6 Å². The van der Waals surface area contributed by atoms with Crippen LogP contribution in [-0.4, -0.2) is 70.6 Å². The molecule has 0 atom stereocenters. The Kier molecular flexibility index (Phi) is 12.1. The van der Waals surface area contributed by atoms with Crippen LogP contribution in [0.15, 0.2) is 66.9 Å². The van der Waals surface area contributed by atoms with Crippen LogP contribution >= 0.6 is 0 Å². The van der Waals surface area contributed by atoms with Crippen LogP contribution in [0.4, 0.5) is 20.2 Å². The molecule has 0 bridgehead atoms. The zero-order valence-corrected chi connectivity index (χ0v) is 25.1. The number of nitrogens with zero attached hydrogens (tertiary/aromatic N) is 1. The second-order valence-electron chi connectivity index (χ2n) is 10.9. The van der Waals surface area contributed by atoms with Gasteiger partial charge in [0.05, 0.1) is 18.7 Å². The predicted molar refractivity (Wildman–Crippen MR) is 173 cm³/mol. The number of amides is 2. The molecule has 0 saturated heterocycles. The number of halogens is 2. The Morgan fingerprint density at radius 2 is 1.51 bits per heavy atom. The molecule has 0 unspecified atom stereocenters. The fraction of sp³-hybridized carbons (Fsp3) is 0.294. The van der Waals surface area contributed by atoms with Crippen molar-refractivity contribution in [1.29, 1.82) is 0 Å². The number of carbonyl (C=O) groups excluding carboxylic acids is 2. The summed E-state index contributed by atoms with van der Waals surface area (Å²) in [6, 6.07) is 14.2. The van der Waals surface area contributed by atoms with Gasteiger partial charge in [-0.1, -0.05) is 0 Å². The number of anilines is 2. The first kappa shape index (κ1) is 35.6. The van der Waals surface area contributed by atoms with E-state index in [9.17, 15) is 18.8 Å². The van der Waals surface area contributed by atoms with Gasteiger partial charge in [-0.05, 0) is 87.6 Å². The molecule has 5 rings (SSSR count). The van der Waals surface area contributed by atoms with Gasteiger partial charge in [0.25, 0.3) is 0 Å². The minimum absolute atomic E-state index is 0. The van der Waals surface area contributed by atoms with E-state index in [-0.39, 0.29) is 47.4 Å². The number of fused-ring (bicyclic) bond motifs is 1. The fourth-order valence-electron chi connectivity index (χ4n) is 4.83. The van der Waals surface area contributed by atoms with Gasteiger partial charge in [0, 0.05) is 41.5 Å². The van der Waals surface area contributed by atoms with Gasteiger partial charge in [-0.2, -0.15) is 0 Å². The molecule has 10 nitrogen and oxygen atoms in total. The molecule has 0 radical (unpaired) electrons. The number of nitrogens with one attached hydrogen (secondary N) is 2. The van der Waals surface area contributed by atoms with Crippen molar-refractivity contribution in [3.8, 4) is 23.0 Å². The number of rotatable bonds is 15. The normalized spacial score (nSPS) is 12.8. The summed E-state index contributed by atoms with van der Waals surface area (Å²) in [6.07, 6.45) is 4.24. The average Bonchev–Trinajstić information content (AvgIpc) is 3.84. The summed E-state index contributed by atoms with van der Waals surface area (Å²) in [6.45, 7) is 2.57. The number of ether oxygens (including phenoxy) is 3. The third-order valence-electron chi connectivity index (χ3n) is 7.49. The van der Waals surface area contributed by atoms with Crippen LogP contribution in [0.25, 0.3) is 10.9 Å². The summed E-state index contributed by atoms with van der Waals surface area (Å²) in [5, 5.41) is 14.6. The van der Waals surface area contributed by atoms with E-state index in [1.807, 2.05) is 6.92 Å². The molecule has 1 aliphatic carbocycles. The van der Waals surface area contributed by atoms with Crippen molar-refractivity contribution in [2.75, 3.05) is 23.8 Å². The number of carboxylic acids is 1. The molecule has 1 aliphatic rings. The van der Waals surface area contributed by atoms with E-state index in [1.54, 1.807) is 18.2 Å². The predicted octanol–water partition coefficient (Wildman–Crippen LogP) is 6.44. The first-order valence-corrected chi connectivity index (χ1v) is 14.9. The van der Waals surface area contributed by atoms with Crippen LogP contribution < -0.4 is 24.8 Å². The van der Waals surface area contributed by atoms with Crippen LogP contribution in [0.5, 0.6) is 23.0 Å². The summed E-state index contributed by atoms with van der Waals surface area (Å²) < 4.78 is 46.1. The monoisotopic (exact) mass is 657 g/mol. The van der Waals surface area contributed by atoms with Crippen LogP contribution in [0, 0.1) is 17.0 Å². The van der Waals surface area contributed by atoms with Crippen molar-refractivity contribution in [2.45, 2.75) is 45.4 Å². The van der Waals surface area contributed by atoms with E-state index in [2.05, 4.69) is 15.6 Å². The number of carboxylic acid groups (broad SMARTS) is 1. The van der Waals surface area contributed by atoms with Crippen LogP contribution in [0.3, 0.4) is 0 Å². The van der Waals surface area contributed by atoms with Gasteiger partial charge in [0.15, 0.2) is 23.1 Å². The number of carbonyl (C=O) groups is 3. The zero-order chi connectivity index (χ0) is 32.7. The van der Waals surface area contributed by atoms with E-state index in [0.29, 0.717) is 79.2 Å². The molecule has 3 aromatic carbocycles. The van der Waals surface area contributed by atoms with E-state index in [4.69, 9.17) is 19.3 Å². The maximum absolute atomic E-state index is 15.2. The van der Waals surface area contributed by atoms with Crippen LogP contribution in [-0.2, 0) is 14.4 Å². The Labute approximate surface area is 292 Å². The minimum atomic E-state index is -1.29. The van der Waals surface area contributed by atoms with Gasteiger partial charge in [0.1, 0.15) is 17.0 Å². The summed E-state index contributed by atoms with van der Waals surface area (Å²) in [5.41, 5.74) is -0.251. The number of unbranched alkanes of at least 4 members (excludes halogenated alkanes) is 2. The number of hydrogen-bond acceptors (Lipinski definition) is 7. The molecule has 3 N–H and O–H groups in total. The topological polar surface area (TPSA) is 136 Å². The van der Waals surface area contributed by atoms with Gasteiger partial charge in [-0.3, -0.25) is 19.4 Å². The molecule has 0 aliphatic heterocycles. The van der Waals surface area contributed by atoms with Crippen molar-refractivity contribution in [1.82, 2.24) is 4.98 Å². The molecule has 242 valence electrons. The number of aliphatic carboxylic acids is 1. The summed E-state index contributed by atoms with van der Waals surface area (Å²) in [4.78, 5) is 41.0. The molecular weight excluding hydrogens is 623 g/mol. The third-order valence-corrected chi connectivity index (χ3v) is 7.49. The van der Waals surface area contributed by atoms with Gasteiger partial charge in [-0.15, -0.1) is 0 Å². The van der Waals surface area contributed by atoms with Crippen molar-refractivity contribution < 1.29 is 42.5 Å². The molecule has 2 amide bonds. The SMILES string of the molecule is CCOc1cc2c(Oc3ccc(NC(=O)C4(C(=O)Nc5ccc(F)cc5)CC4)cc3F)ccnc2cc1OCCCCCC(=O)O.[NaH]. The van der Waals surface area contributed by atoms with E-state index < -0.39 is 34.8 Å². The van der Waals surface area contributed by atoms with Crippen molar-refractivity contribution in [3.63, 3.8) is 0 Å². The van der Waals surface area contributed by atoms with Crippen LogP contribution in [0.2, 0.25) is 0 Å². The Balaban J connectivity index is 0.00000500. The molecule has 1 fully saturated rings. The van der Waals surface area contributed by atoms with Crippen LogP contribution in [0.1, 0.15) is 45.4 Å². The van der Waals surface area contributed by atoms with Gasteiger partial charge in [0.2, 0.25) is 11.8 Å². The Bertz CT molecular complexity index is 1750. The Morgan fingerprint density at radius 3 is 2.17 bits per heavy atom. The second kappa shape index (κ2) is 16.0. The quantitative estimate of drug-likeness (QED) is 0.0756. The molecule has 1 saturated carbocycles. The Morgan fingerprint density at radius 1 is 0.830 bits per heavy atom. The molecule has 13 heteroatoms. The molecule has 47 heavy (non-hydrogen) atoms. The average molecular weight is 658 g/mol. The van der Waals surface area contributed by atoms with E-state index in [1.165, 1.54) is 42.6 Å². The maximum atomic E-state index is 15.2. The first-order valence-electron chi connectivity index (χ1n) is 14.9. The Hall–Kier alpha value is -4.26. The number of benzene rings is 3. The van der Waals surface area contributed by atoms with E-state index in [0.717, 1.165) is 6.07 Å². The second-order valence-corrected chi connectivity index (χ2v) is 10.9. The third kappa shape index (κ3) is 8.97. The standard InChI is InChI=1S/C34H33F2N3O7.Na.H/c1-2-44-29-19-24-26(20-30(29)45-17-5-3-4-6-31(40)41)37-16-13-27(24)46-28-12-11-23(18-25(28)36)39-33(43)34(14-15-34)32(42)38-22-9-7-21(35)8-10-22;;/h7-13,16,18-20H,2-6,14-15,17H2,1H3,(H,38,42)(H,39,43)(H,40,41);;. The molecule has 0 spiro atoms. The first-order chi connectivity index (χ1) is 22.2. The molecule has 1 heterocycles. The van der Waals surface area contributed by atoms with Gasteiger partial charge >= 0.3 is 35.5 Å². The van der Waals surface area contributed by atoms with Crippen molar-refractivity contribution in [2.24, 2.45) is 5.41 Å². The summed E-state index contributed by atoms with van der Waals surface area (Å²) >= 11 is 0. The summed E-state index contributed by atoms with van der Waals surface area (Å²) in [7, 11) is 0. The van der Waals surface area contributed by atoms with E-state index >= 15 is 4.39 Å². The molecular formula is C34H34F2N3NaO7. The fourth-order valence-corrected chi connectivity index (χ4v) is 4.83. The number of aromatic nitrogens is 1. The molecule has 1 aromatic heterocycles. The number of hydrogen-bond donors (Lipinski definition) is 3. The molecule has 4 aromatic rings. The number of pyridine rings is 1.